The van der Waals surface area contributed by atoms with Crippen LogP contribution in [0.1, 0.15) is 18.6 Å². The van der Waals surface area contributed by atoms with Crippen LogP contribution in [0.3, 0.4) is 0 Å². The van der Waals surface area contributed by atoms with Crippen molar-refractivity contribution >= 4 is 11.6 Å². The van der Waals surface area contributed by atoms with Gasteiger partial charge in [-0.1, -0.05) is 12.1 Å². The van der Waals surface area contributed by atoms with E-state index in [-0.39, 0.29) is 11.9 Å². The summed E-state index contributed by atoms with van der Waals surface area (Å²) < 4.78 is 0. The average Bonchev–Trinajstić information content (AvgIpc) is 2.35. The number of β-amino-alcohol motifs (C(OH)–C–C–N with tert-alkyl or cyclic N) is 1. The second-order valence-corrected chi connectivity index (χ2v) is 4.65. The lowest BCUT2D eigenvalue weighted by Gasteiger charge is -2.34. The maximum Gasteiger partial charge on any atom is 0.237 e. The van der Waals surface area contributed by atoms with E-state index in [4.69, 9.17) is 5.73 Å². The highest BCUT2D eigenvalue weighted by atomic mass is 16.3. The summed E-state index contributed by atoms with van der Waals surface area (Å²) in [5.41, 5.74) is 7.11. The zero-order chi connectivity index (χ0) is 13.1. The van der Waals surface area contributed by atoms with Gasteiger partial charge >= 0.3 is 0 Å². The van der Waals surface area contributed by atoms with E-state index < -0.39 is 6.10 Å². The number of aliphatic hydroxyl groups excluding tert-OH is 1. The van der Waals surface area contributed by atoms with Gasteiger partial charge in [0.05, 0.1) is 12.1 Å². The van der Waals surface area contributed by atoms with Crippen LogP contribution in [0.5, 0.6) is 0 Å². The van der Waals surface area contributed by atoms with Gasteiger partial charge in [-0.15, -0.1) is 0 Å². The maximum absolute atomic E-state index is 11.5. The Bertz CT molecular complexity index is 436. The molecule has 0 aromatic heterocycles. The van der Waals surface area contributed by atoms with Crippen LogP contribution in [0.2, 0.25) is 0 Å². The van der Waals surface area contributed by atoms with Gasteiger partial charge < -0.3 is 16.2 Å². The summed E-state index contributed by atoms with van der Waals surface area (Å²) in [6, 6.07) is 7.01. The monoisotopic (exact) mass is 249 g/mol. The Balaban J connectivity index is 2.02. The number of amides is 1. The number of benzene rings is 1. The van der Waals surface area contributed by atoms with E-state index in [1.807, 2.05) is 24.0 Å². The van der Waals surface area contributed by atoms with Crippen molar-refractivity contribution in [1.82, 2.24) is 10.2 Å². The van der Waals surface area contributed by atoms with Crippen LogP contribution in [0.15, 0.2) is 24.3 Å². The molecule has 0 aliphatic carbocycles. The van der Waals surface area contributed by atoms with Crippen LogP contribution in [0.25, 0.3) is 0 Å². The summed E-state index contributed by atoms with van der Waals surface area (Å²) in [7, 11) is 0. The average molecular weight is 249 g/mol. The molecule has 2 atom stereocenters. The molecule has 1 heterocycles. The van der Waals surface area contributed by atoms with Crippen LogP contribution in [-0.4, -0.2) is 41.6 Å². The van der Waals surface area contributed by atoms with E-state index in [0.717, 1.165) is 12.1 Å². The number of piperazine rings is 1. The minimum absolute atomic E-state index is 0.0148. The number of nitrogens with one attached hydrogen (secondary N) is 1. The van der Waals surface area contributed by atoms with Crippen molar-refractivity contribution in [2.24, 2.45) is 0 Å². The van der Waals surface area contributed by atoms with Gasteiger partial charge in [0.15, 0.2) is 0 Å². The largest absolute Gasteiger partial charge is 0.399 e. The fraction of sp³-hybridized carbons (Fsp3) is 0.462. The molecular weight excluding hydrogens is 230 g/mol. The van der Waals surface area contributed by atoms with Crippen LogP contribution < -0.4 is 11.1 Å². The fourth-order valence-electron chi connectivity index (χ4n) is 2.17. The van der Waals surface area contributed by atoms with E-state index in [1.54, 1.807) is 12.1 Å². The molecule has 1 amide bonds. The van der Waals surface area contributed by atoms with Crippen LogP contribution >= 0.6 is 0 Å². The van der Waals surface area contributed by atoms with E-state index in [0.29, 0.717) is 18.8 Å². The third-order valence-corrected chi connectivity index (χ3v) is 3.33. The van der Waals surface area contributed by atoms with Gasteiger partial charge in [-0.05, 0) is 24.6 Å². The van der Waals surface area contributed by atoms with Crippen molar-refractivity contribution in [3.63, 3.8) is 0 Å². The molecule has 5 heteroatoms. The van der Waals surface area contributed by atoms with Crippen LogP contribution in [0.4, 0.5) is 5.69 Å². The topological polar surface area (TPSA) is 78.6 Å². The number of aliphatic hydroxyl groups is 1. The van der Waals surface area contributed by atoms with Crippen molar-refractivity contribution in [2.75, 3.05) is 25.4 Å². The van der Waals surface area contributed by atoms with Crippen molar-refractivity contribution in [1.29, 1.82) is 0 Å². The molecule has 2 unspecified atom stereocenters. The first kappa shape index (κ1) is 12.9. The Morgan fingerprint density at radius 1 is 1.61 bits per heavy atom. The minimum atomic E-state index is -0.623. The number of carbonyl (C=O) groups is 1. The van der Waals surface area contributed by atoms with Gasteiger partial charge in [0.25, 0.3) is 0 Å². The molecule has 5 nitrogen and oxygen atoms in total. The molecule has 1 saturated heterocycles. The Kier molecular flexibility index (Phi) is 3.84. The zero-order valence-electron chi connectivity index (χ0n) is 10.5. The fourth-order valence-corrected chi connectivity index (χ4v) is 2.17. The van der Waals surface area contributed by atoms with E-state index in [1.165, 1.54) is 0 Å². The Morgan fingerprint density at radius 2 is 2.39 bits per heavy atom. The number of nitrogens with two attached hydrogens (primary N) is 1. The van der Waals surface area contributed by atoms with Gasteiger partial charge in [-0.3, -0.25) is 9.69 Å². The quantitative estimate of drug-likeness (QED) is 0.665. The maximum atomic E-state index is 11.5. The number of anilines is 1. The molecule has 0 saturated carbocycles. The first-order valence-corrected chi connectivity index (χ1v) is 6.13. The lowest BCUT2D eigenvalue weighted by Crippen LogP contribution is -2.54. The van der Waals surface area contributed by atoms with Gasteiger partial charge in [-0.25, -0.2) is 0 Å². The van der Waals surface area contributed by atoms with Gasteiger partial charge in [0, 0.05) is 25.3 Å². The molecule has 98 valence electrons. The van der Waals surface area contributed by atoms with Gasteiger partial charge in [0.2, 0.25) is 5.91 Å². The highest BCUT2D eigenvalue weighted by Crippen LogP contribution is 2.18. The molecule has 0 bridgehead atoms. The summed E-state index contributed by atoms with van der Waals surface area (Å²) in [5.74, 6) is 0.0148. The number of rotatable bonds is 3. The van der Waals surface area contributed by atoms with E-state index in [2.05, 4.69) is 5.32 Å². The summed E-state index contributed by atoms with van der Waals surface area (Å²) in [4.78, 5) is 13.5. The number of hydrogen-bond donors (Lipinski definition) is 3. The first-order chi connectivity index (χ1) is 8.58. The molecule has 1 aliphatic rings. The predicted molar refractivity (Wildman–Crippen MR) is 69.9 cm³/mol. The number of hydrogen-bond acceptors (Lipinski definition) is 4. The Hall–Kier alpha value is -1.59. The molecule has 2 rings (SSSR count). The molecule has 1 aromatic carbocycles. The smallest absolute Gasteiger partial charge is 0.237 e. The molecule has 1 aliphatic heterocycles. The van der Waals surface area contributed by atoms with Crippen LogP contribution in [0, 0.1) is 0 Å². The second kappa shape index (κ2) is 5.37. The predicted octanol–water partition coefficient (Wildman–Crippen LogP) is 0.123. The third kappa shape index (κ3) is 2.80. The minimum Gasteiger partial charge on any atom is -0.399 e. The summed E-state index contributed by atoms with van der Waals surface area (Å²) >= 11 is 0. The highest BCUT2D eigenvalue weighted by Gasteiger charge is 2.27. The number of nitrogens with zero attached hydrogens (tertiary/aromatic N) is 1. The molecular formula is C13H19N3O2. The molecule has 1 aromatic rings. The highest BCUT2D eigenvalue weighted by molar-refractivity contribution is 5.81. The van der Waals surface area contributed by atoms with Gasteiger partial charge in [-0.2, -0.15) is 0 Å². The molecule has 18 heavy (non-hydrogen) atoms. The first-order valence-electron chi connectivity index (χ1n) is 6.13. The summed E-state index contributed by atoms with van der Waals surface area (Å²) in [6.07, 6.45) is -0.623. The van der Waals surface area contributed by atoms with Gasteiger partial charge in [0.1, 0.15) is 0 Å². The zero-order valence-corrected chi connectivity index (χ0v) is 10.5. The summed E-state index contributed by atoms with van der Waals surface area (Å²) in [5, 5.41) is 13.0. The molecule has 1 fully saturated rings. The lowest BCUT2D eigenvalue weighted by atomic mass is 10.1. The lowest BCUT2D eigenvalue weighted by molar-refractivity contribution is -0.128. The molecule has 0 radical (unpaired) electrons. The number of carbonyl (C=O) groups excluding carboxylic acids is 1. The van der Waals surface area contributed by atoms with E-state index >= 15 is 0 Å². The standard InChI is InChI=1S/C13H19N3O2/c1-9-13(18)15-5-6-16(9)8-12(17)10-3-2-4-11(14)7-10/h2-4,7,9,12,17H,5-6,8,14H2,1H3,(H,15,18). The Labute approximate surface area is 107 Å². The Morgan fingerprint density at radius 3 is 3.11 bits per heavy atom. The third-order valence-electron chi connectivity index (χ3n) is 3.33. The molecule has 0 spiro atoms. The molecule has 4 N–H and O–H groups in total. The van der Waals surface area contributed by atoms with E-state index in [9.17, 15) is 9.90 Å². The normalized spacial score (nSPS) is 22.6. The van der Waals surface area contributed by atoms with Crippen molar-refractivity contribution in [2.45, 2.75) is 19.1 Å². The summed E-state index contributed by atoms with van der Waals surface area (Å²) in [6.45, 7) is 3.68. The van der Waals surface area contributed by atoms with Crippen molar-refractivity contribution in [3.05, 3.63) is 29.8 Å². The second-order valence-electron chi connectivity index (χ2n) is 4.65. The SMILES string of the molecule is CC1C(=O)NCCN1CC(O)c1cccc(N)c1. The van der Waals surface area contributed by atoms with Crippen molar-refractivity contribution < 1.29 is 9.90 Å². The number of nitrogen functional groups attached to an aromatic ring is 1. The van der Waals surface area contributed by atoms with Crippen LogP contribution in [-0.2, 0) is 4.79 Å². The van der Waals surface area contributed by atoms with Crippen molar-refractivity contribution in [3.8, 4) is 0 Å².